The fraction of sp³-hybridized carbons (Fsp3) is 0.667. The molecule has 4 heteroatoms. The summed E-state index contributed by atoms with van der Waals surface area (Å²) in [5.41, 5.74) is 0. The molecule has 1 atom stereocenters. The van der Waals surface area contributed by atoms with E-state index in [-0.39, 0.29) is 28.8 Å². The molecule has 1 rings (SSSR count). The molecule has 0 aliphatic rings. The molecule has 0 amide bonds. The average molecular weight is 371 g/mol. The Morgan fingerprint density at radius 2 is 1.77 bits per heavy atom. The Morgan fingerprint density at radius 1 is 1.18 bits per heavy atom. The van der Waals surface area contributed by atoms with Gasteiger partial charge in [0.15, 0.2) is 11.8 Å². The molecule has 0 saturated heterocycles. The van der Waals surface area contributed by atoms with Gasteiger partial charge in [-0.3, -0.25) is 4.79 Å². The molecular formula is C18H31BrN2O. The third-order valence-corrected chi connectivity index (χ3v) is 4.01. The van der Waals surface area contributed by atoms with Crippen molar-refractivity contribution in [1.82, 2.24) is 4.57 Å². The number of allylic oxidation sites excluding steroid dienone is 1. The van der Waals surface area contributed by atoms with Crippen molar-refractivity contribution in [2.75, 3.05) is 0 Å². The quantitative estimate of drug-likeness (QED) is 0.308. The van der Waals surface area contributed by atoms with Gasteiger partial charge in [-0.1, -0.05) is 58.4 Å². The van der Waals surface area contributed by atoms with Crippen LogP contribution >= 0.6 is 0 Å². The van der Waals surface area contributed by atoms with Gasteiger partial charge in [-0.2, -0.15) is 0 Å². The Morgan fingerprint density at radius 3 is 2.27 bits per heavy atom. The maximum atomic E-state index is 12.0. The largest absolute Gasteiger partial charge is 1.00 e. The summed E-state index contributed by atoms with van der Waals surface area (Å²) < 4.78 is 3.97. The van der Waals surface area contributed by atoms with Crippen molar-refractivity contribution in [3.63, 3.8) is 0 Å². The van der Waals surface area contributed by atoms with Crippen LogP contribution in [0.2, 0.25) is 0 Å². The number of aromatic nitrogens is 2. The van der Waals surface area contributed by atoms with Crippen LogP contribution in [0, 0.1) is 0 Å². The molecule has 126 valence electrons. The minimum atomic E-state index is -0.0798. The SMILES string of the molecule is C=CC(=O)C(CCCCCCCCCC)n1cc[n+](C)c1.[Br-]. The first-order valence-corrected chi connectivity index (χ1v) is 8.38. The van der Waals surface area contributed by atoms with Crippen LogP contribution in [0.15, 0.2) is 31.4 Å². The number of halogens is 1. The molecule has 1 aromatic rings. The van der Waals surface area contributed by atoms with Gasteiger partial charge in [-0.15, -0.1) is 0 Å². The molecule has 0 aliphatic carbocycles. The Balaban J connectivity index is 0.00000441. The summed E-state index contributed by atoms with van der Waals surface area (Å²) in [4.78, 5) is 12.0. The van der Waals surface area contributed by atoms with E-state index in [0.29, 0.717) is 0 Å². The van der Waals surface area contributed by atoms with Gasteiger partial charge in [0, 0.05) is 0 Å². The molecular weight excluding hydrogens is 340 g/mol. The molecule has 0 aliphatic heterocycles. The maximum absolute atomic E-state index is 12.0. The van der Waals surface area contributed by atoms with E-state index in [1.165, 1.54) is 51.0 Å². The predicted octanol–water partition coefficient (Wildman–Crippen LogP) is 1.14. The molecule has 0 aromatic carbocycles. The second-order valence-electron chi connectivity index (χ2n) is 5.91. The number of carbonyl (C=O) groups excluding carboxylic acids is 1. The molecule has 0 spiro atoms. The van der Waals surface area contributed by atoms with E-state index < -0.39 is 0 Å². The third kappa shape index (κ3) is 7.92. The van der Waals surface area contributed by atoms with E-state index in [9.17, 15) is 4.79 Å². The fourth-order valence-electron chi connectivity index (χ4n) is 2.70. The van der Waals surface area contributed by atoms with Crippen molar-refractivity contribution < 1.29 is 26.3 Å². The summed E-state index contributed by atoms with van der Waals surface area (Å²) in [5, 5.41) is 0. The minimum Gasteiger partial charge on any atom is -1.00 e. The number of rotatable bonds is 12. The smallest absolute Gasteiger partial charge is 0.244 e. The summed E-state index contributed by atoms with van der Waals surface area (Å²) in [6.07, 6.45) is 18.6. The Labute approximate surface area is 146 Å². The fourth-order valence-corrected chi connectivity index (χ4v) is 2.70. The Kier molecular flexibility index (Phi) is 12.1. The van der Waals surface area contributed by atoms with Gasteiger partial charge in [-0.05, 0) is 18.9 Å². The summed E-state index contributed by atoms with van der Waals surface area (Å²) in [5.74, 6) is 0.120. The lowest BCUT2D eigenvalue weighted by Gasteiger charge is -2.10. The lowest BCUT2D eigenvalue weighted by molar-refractivity contribution is -0.671. The second-order valence-corrected chi connectivity index (χ2v) is 5.91. The number of aryl methyl sites for hydroxylation is 1. The zero-order valence-electron chi connectivity index (χ0n) is 14.1. The van der Waals surface area contributed by atoms with Crippen LogP contribution in [0.1, 0.15) is 70.8 Å². The summed E-state index contributed by atoms with van der Waals surface area (Å²) in [6, 6.07) is -0.0798. The Hall–Kier alpha value is -0.900. The predicted molar refractivity (Wildman–Crippen MR) is 87.1 cm³/mol. The zero-order chi connectivity index (χ0) is 15.5. The first-order valence-electron chi connectivity index (χ1n) is 8.38. The van der Waals surface area contributed by atoms with Gasteiger partial charge < -0.3 is 17.0 Å². The molecule has 1 unspecified atom stereocenters. The molecule has 1 aromatic heterocycles. The topological polar surface area (TPSA) is 25.9 Å². The Bertz CT molecular complexity index is 428. The lowest BCUT2D eigenvalue weighted by Crippen LogP contribution is -3.00. The van der Waals surface area contributed by atoms with Crippen molar-refractivity contribution in [3.8, 4) is 0 Å². The van der Waals surface area contributed by atoms with Crippen LogP contribution in [0.5, 0.6) is 0 Å². The minimum absolute atomic E-state index is 0. The van der Waals surface area contributed by atoms with E-state index in [1.54, 1.807) is 0 Å². The molecule has 1 heterocycles. The average Bonchev–Trinajstić information content (AvgIpc) is 2.91. The van der Waals surface area contributed by atoms with Gasteiger partial charge in [0.05, 0.1) is 7.05 Å². The first-order chi connectivity index (χ1) is 10.2. The van der Waals surface area contributed by atoms with Crippen molar-refractivity contribution in [2.24, 2.45) is 7.05 Å². The number of carbonyl (C=O) groups is 1. The molecule has 0 saturated carbocycles. The monoisotopic (exact) mass is 370 g/mol. The van der Waals surface area contributed by atoms with Gasteiger partial charge in [-0.25, -0.2) is 9.13 Å². The van der Waals surface area contributed by atoms with Crippen molar-refractivity contribution in [1.29, 1.82) is 0 Å². The summed E-state index contributed by atoms with van der Waals surface area (Å²) in [7, 11) is 1.97. The number of imidazole rings is 1. The van der Waals surface area contributed by atoms with Gasteiger partial charge in [0.1, 0.15) is 12.4 Å². The molecule has 0 bridgehead atoms. The molecule has 0 fully saturated rings. The number of nitrogens with zero attached hydrogens (tertiary/aromatic N) is 2. The number of ketones is 1. The lowest BCUT2D eigenvalue weighted by atomic mass is 10.0. The highest BCUT2D eigenvalue weighted by atomic mass is 79.9. The van der Waals surface area contributed by atoms with Crippen LogP contribution in [-0.2, 0) is 11.8 Å². The van der Waals surface area contributed by atoms with Gasteiger partial charge in [0.2, 0.25) is 6.33 Å². The van der Waals surface area contributed by atoms with Crippen LogP contribution in [0.4, 0.5) is 0 Å². The van der Waals surface area contributed by atoms with Crippen LogP contribution in [0.3, 0.4) is 0 Å². The normalized spacial score (nSPS) is 11.7. The standard InChI is InChI=1S/C18H31N2O.BrH/c1-4-6-7-8-9-10-11-12-13-17(18(21)5-2)20-15-14-19(3)16-20;/h5,14-17H,2,4,6-13H2,1,3H3;1H/q+1;/p-1. The van der Waals surface area contributed by atoms with E-state index in [1.807, 2.05) is 34.9 Å². The molecule has 0 radical (unpaired) electrons. The van der Waals surface area contributed by atoms with E-state index >= 15 is 0 Å². The number of hydrogen-bond donors (Lipinski definition) is 0. The molecule has 0 N–H and O–H groups in total. The number of hydrogen-bond acceptors (Lipinski definition) is 1. The van der Waals surface area contributed by atoms with Crippen LogP contribution < -0.4 is 21.5 Å². The van der Waals surface area contributed by atoms with E-state index in [4.69, 9.17) is 0 Å². The van der Waals surface area contributed by atoms with Crippen molar-refractivity contribution >= 4 is 5.78 Å². The molecule has 3 nitrogen and oxygen atoms in total. The van der Waals surface area contributed by atoms with Gasteiger partial charge >= 0.3 is 0 Å². The maximum Gasteiger partial charge on any atom is 0.244 e. The van der Waals surface area contributed by atoms with Crippen molar-refractivity contribution in [2.45, 2.75) is 70.8 Å². The van der Waals surface area contributed by atoms with Crippen LogP contribution in [-0.4, -0.2) is 10.4 Å². The van der Waals surface area contributed by atoms with Gasteiger partial charge in [0.25, 0.3) is 0 Å². The number of unbranched alkanes of at least 4 members (excludes halogenated alkanes) is 7. The van der Waals surface area contributed by atoms with Crippen molar-refractivity contribution in [3.05, 3.63) is 31.4 Å². The van der Waals surface area contributed by atoms with E-state index in [2.05, 4.69) is 13.5 Å². The zero-order valence-corrected chi connectivity index (χ0v) is 15.7. The first kappa shape index (κ1) is 21.1. The highest BCUT2D eigenvalue weighted by Gasteiger charge is 2.21. The third-order valence-electron chi connectivity index (χ3n) is 4.01. The summed E-state index contributed by atoms with van der Waals surface area (Å²) >= 11 is 0. The molecule has 22 heavy (non-hydrogen) atoms. The second kappa shape index (κ2) is 12.6. The highest BCUT2D eigenvalue weighted by Crippen LogP contribution is 2.18. The van der Waals surface area contributed by atoms with E-state index in [0.717, 1.165) is 12.8 Å². The highest BCUT2D eigenvalue weighted by molar-refractivity contribution is 5.92. The van der Waals surface area contributed by atoms with Crippen LogP contribution in [0.25, 0.3) is 0 Å². The summed E-state index contributed by atoms with van der Waals surface area (Å²) in [6.45, 7) is 5.88.